The largest absolute Gasteiger partial charge is 0.477 e. The van der Waals surface area contributed by atoms with Crippen molar-refractivity contribution in [1.82, 2.24) is 19.9 Å². The Balaban J connectivity index is 2.19. The molecule has 0 saturated heterocycles. The molecule has 7 nitrogen and oxygen atoms in total. The van der Waals surface area contributed by atoms with Crippen molar-refractivity contribution in [3.63, 3.8) is 0 Å². The van der Waals surface area contributed by atoms with E-state index in [4.69, 9.17) is 9.72 Å². The maximum Gasteiger partial charge on any atom is 0.354 e. The molecule has 0 spiro atoms. The molecule has 0 radical (unpaired) electrons. The van der Waals surface area contributed by atoms with Gasteiger partial charge in [-0.2, -0.15) is 0 Å². The number of H-pyrrole nitrogens is 2. The number of aromatic amines is 2. The first-order valence-electron chi connectivity index (χ1n) is 8.05. The number of rotatable bonds is 4. The Morgan fingerprint density at radius 2 is 1.96 bits per heavy atom. The molecule has 7 heteroatoms. The summed E-state index contributed by atoms with van der Waals surface area (Å²) in [5.41, 5.74) is 3.98. The molecule has 0 bridgehead atoms. The predicted octanol–water partition coefficient (Wildman–Crippen LogP) is 3.56. The van der Waals surface area contributed by atoms with Crippen LogP contribution in [-0.2, 0) is 11.3 Å². The fourth-order valence-corrected chi connectivity index (χ4v) is 3.27. The van der Waals surface area contributed by atoms with Crippen molar-refractivity contribution in [3.05, 3.63) is 35.4 Å². The highest BCUT2D eigenvalue weighted by Gasteiger charge is 2.21. The van der Waals surface area contributed by atoms with E-state index in [2.05, 4.69) is 28.8 Å². The van der Waals surface area contributed by atoms with Crippen molar-refractivity contribution < 1.29 is 14.6 Å². The van der Waals surface area contributed by atoms with E-state index >= 15 is 0 Å². The van der Waals surface area contributed by atoms with Gasteiger partial charge in [0.25, 0.3) is 0 Å². The summed E-state index contributed by atoms with van der Waals surface area (Å²) in [6.07, 6.45) is 1.56. The fraction of sp³-hybridized carbons (Fsp3) is 0.278. The number of hydrogen-bond acceptors (Lipinski definition) is 4. The Morgan fingerprint density at radius 1 is 1.20 bits per heavy atom. The first kappa shape index (κ1) is 15.6. The number of fused-ring (bicyclic) bond motifs is 5. The van der Waals surface area contributed by atoms with E-state index in [1.54, 1.807) is 13.3 Å². The Labute approximate surface area is 143 Å². The number of aromatic nitrogens is 4. The second-order valence-electron chi connectivity index (χ2n) is 6.40. The number of methoxy groups -OCH3 is 1. The van der Waals surface area contributed by atoms with Crippen LogP contribution in [0.1, 0.15) is 41.6 Å². The summed E-state index contributed by atoms with van der Waals surface area (Å²) in [5, 5.41) is 11.2. The van der Waals surface area contributed by atoms with Gasteiger partial charge in [-0.1, -0.05) is 13.8 Å². The fourth-order valence-electron chi connectivity index (χ4n) is 3.27. The number of benzene rings is 1. The van der Waals surface area contributed by atoms with Crippen LogP contribution in [0.2, 0.25) is 0 Å². The smallest absolute Gasteiger partial charge is 0.354 e. The second kappa shape index (κ2) is 5.56. The van der Waals surface area contributed by atoms with Crippen LogP contribution in [-0.4, -0.2) is 38.1 Å². The molecule has 25 heavy (non-hydrogen) atoms. The van der Waals surface area contributed by atoms with Crippen LogP contribution in [0.25, 0.3) is 32.8 Å². The van der Waals surface area contributed by atoms with Crippen LogP contribution in [0.4, 0.5) is 0 Å². The van der Waals surface area contributed by atoms with Crippen LogP contribution in [0.5, 0.6) is 0 Å². The van der Waals surface area contributed by atoms with Gasteiger partial charge >= 0.3 is 5.97 Å². The van der Waals surface area contributed by atoms with Gasteiger partial charge in [0.2, 0.25) is 0 Å². The Morgan fingerprint density at radius 3 is 2.64 bits per heavy atom. The molecule has 4 rings (SSSR count). The molecule has 3 heterocycles. The third kappa shape index (κ3) is 2.27. The number of nitrogens with zero attached hydrogens (tertiary/aromatic N) is 2. The van der Waals surface area contributed by atoms with Crippen LogP contribution in [0.3, 0.4) is 0 Å². The van der Waals surface area contributed by atoms with Crippen molar-refractivity contribution in [2.45, 2.75) is 26.4 Å². The summed E-state index contributed by atoms with van der Waals surface area (Å²) in [7, 11) is 1.54. The lowest BCUT2D eigenvalue weighted by molar-refractivity contribution is 0.0685. The van der Waals surface area contributed by atoms with Crippen LogP contribution >= 0.6 is 0 Å². The zero-order chi connectivity index (χ0) is 17.7. The average Bonchev–Trinajstić information content (AvgIpc) is 3.15. The average molecular weight is 338 g/mol. The maximum absolute atomic E-state index is 11.6. The van der Waals surface area contributed by atoms with Gasteiger partial charge in [-0.25, -0.2) is 14.8 Å². The molecule has 128 valence electrons. The Bertz CT molecular complexity index is 1120. The third-order valence-electron chi connectivity index (χ3n) is 4.41. The van der Waals surface area contributed by atoms with E-state index in [1.165, 1.54) is 0 Å². The minimum atomic E-state index is -1.07. The van der Waals surface area contributed by atoms with Crippen molar-refractivity contribution >= 4 is 38.8 Å². The molecule has 0 aliphatic carbocycles. The first-order valence-corrected chi connectivity index (χ1v) is 8.05. The topological polar surface area (TPSA) is 104 Å². The highest BCUT2D eigenvalue weighted by Crippen LogP contribution is 2.35. The van der Waals surface area contributed by atoms with E-state index in [9.17, 15) is 9.90 Å². The number of aromatic carboxylic acids is 1. The van der Waals surface area contributed by atoms with E-state index in [1.807, 2.05) is 12.1 Å². The Hall–Kier alpha value is -2.93. The summed E-state index contributed by atoms with van der Waals surface area (Å²) in [6.45, 7) is 4.32. The molecular weight excluding hydrogens is 320 g/mol. The lowest BCUT2D eigenvalue weighted by Gasteiger charge is -2.06. The lowest BCUT2D eigenvalue weighted by atomic mass is 10.0. The van der Waals surface area contributed by atoms with Gasteiger partial charge in [-0.3, -0.25) is 0 Å². The standard InChI is InChI=1S/C18H18N4O3/c1-8(2)17-21-11-5-4-10-14(16(11)22-17)13-9(7-25-3)15(18(23)24)19-6-12(13)20-10/h4-6,8,20H,7H2,1-3H3,(H,21,22)(H,23,24). The summed E-state index contributed by atoms with van der Waals surface area (Å²) in [5.74, 6) is 0.0976. The molecular formula is C18H18N4O3. The number of carboxylic acids is 1. The van der Waals surface area contributed by atoms with Gasteiger partial charge in [-0.05, 0) is 12.1 Å². The molecule has 0 amide bonds. The zero-order valence-corrected chi connectivity index (χ0v) is 14.2. The SMILES string of the molecule is COCc1c(C(=O)O)ncc2[nH]c3ccc4[nH]c(C(C)C)nc4c3c12. The number of carbonyl (C=O) groups is 1. The number of imidazole rings is 1. The molecule has 0 aliphatic heterocycles. The lowest BCUT2D eigenvalue weighted by Crippen LogP contribution is -2.07. The maximum atomic E-state index is 11.6. The van der Waals surface area contributed by atoms with Gasteiger partial charge in [-0.15, -0.1) is 0 Å². The number of ether oxygens (including phenoxy) is 1. The van der Waals surface area contributed by atoms with E-state index < -0.39 is 5.97 Å². The highest BCUT2D eigenvalue weighted by atomic mass is 16.5. The molecule has 4 aromatic rings. The molecule has 0 unspecified atom stereocenters. The van der Waals surface area contributed by atoms with Gasteiger partial charge in [0.15, 0.2) is 5.69 Å². The van der Waals surface area contributed by atoms with Gasteiger partial charge in [0.05, 0.1) is 29.4 Å². The molecule has 1 aromatic carbocycles. The van der Waals surface area contributed by atoms with Crippen LogP contribution in [0, 0.1) is 0 Å². The van der Waals surface area contributed by atoms with Gasteiger partial charge in [0.1, 0.15) is 5.82 Å². The molecule has 3 N–H and O–H groups in total. The minimum absolute atomic E-state index is 0.00636. The van der Waals surface area contributed by atoms with Crippen molar-refractivity contribution in [2.75, 3.05) is 7.11 Å². The van der Waals surface area contributed by atoms with Crippen LogP contribution < -0.4 is 0 Å². The van der Waals surface area contributed by atoms with Gasteiger partial charge < -0.3 is 19.8 Å². The monoisotopic (exact) mass is 338 g/mol. The third-order valence-corrected chi connectivity index (χ3v) is 4.41. The highest BCUT2D eigenvalue weighted by molar-refractivity contribution is 6.20. The van der Waals surface area contributed by atoms with E-state index in [-0.39, 0.29) is 18.2 Å². The zero-order valence-electron chi connectivity index (χ0n) is 14.2. The summed E-state index contributed by atoms with van der Waals surface area (Å²) >= 11 is 0. The Kier molecular flexibility index (Phi) is 3.47. The van der Waals surface area contributed by atoms with E-state index in [0.29, 0.717) is 5.56 Å². The second-order valence-corrected chi connectivity index (χ2v) is 6.40. The molecule has 3 aromatic heterocycles. The van der Waals surface area contributed by atoms with Crippen molar-refractivity contribution in [1.29, 1.82) is 0 Å². The minimum Gasteiger partial charge on any atom is -0.477 e. The van der Waals surface area contributed by atoms with Crippen molar-refractivity contribution in [3.8, 4) is 0 Å². The molecule has 0 fully saturated rings. The summed E-state index contributed by atoms with van der Waals surface area (Å²) in [6, 6.07) is 3.95. The van der Waals surface area contributed by atoms with Gasteiger partial charge in [0, 0.05) is 34.9 Å². The summed E-state index contributed by atoms with van der Waals surface area (Å²) in [4.78, 5) is 27.1. The molecule has 0 atom stereocenters. The van der Waals surface area contributed by atoms with Crippen LogP contribution in [0.15, 0.2) is 18.3 Å². The van der Waals surface area contributed by atoms with Crippen molar-refractivity contribution in [2.24, 2.45) is 0 Å². The molecule has 0 aliphatic rings. The quantitative estimate of drug-likeness (QED) is 0.528. The number of hydrogen-bond donors (Lipinski definition) is 3. The number of carboxylic acid groups (broad SMARTS) is 1. The number of nitrogens with one attached hydrogen (secondary N) is 2. The molecule has 0 saturated carbocycles. The van der Waals surface area contributed by atoms with E-state index in [0.717, 1.165) is 38.7 Å². The normalized spacial score (nSPS) is 12.0. The summed E-state index contributed by atoms with van der Waals surface area (Å²) < 4.78 is 5.26. The number of pyridine rings is 1. The predicted molar refractivity (Wildman–Crippen MR) is 95.0 cm³/mol. The first-order chi connectivity index (χ1) is 12.0.